The van der Waals surface area contributed by atoms with Crippen molar-refractivity contribution in [2.75, 3.05) is 26.2 Å². The SMILES string of the molecule is CC(=O)NCCNC(=O)[C@@H]1CN2CC[C@@H]1C[C@@H]2Cn1cc(C2(O)CCCCC2)nn1. The highest BCUT2D eigenvalue weighted by Gasteiger charge is 2.43. The first kappa shape index (κ1) is 21.2. The van der Waals surface area contributed by atoms with Gasteiger partial charge in [0, 0.05) is 32.6 Å². The average Bonchev–Trinajstić information content (AvgIpc) is 3.21. The number of hydrogen-bond acceptors (Lipinski definition) is 6. The lowest BCUT2D eigenvalue weighted by Crippen LogP contribution is -2.58. The Hall–Kier alpha value is -2.00. The number of rotatable bonds is 7. The zero-order valence-electron chi connectivity index (χ0n) is 17.8. The van der Waals surface area contributed by atoms with Gasteiger partial charge in [0.25, 0.3) is 0 Å². The first-order chi connectivity index (χ1) is 14.4. The topological polar surface area (TPSA) is 112 Å². The largest absolute Gasteiger partial charge is 0.383 e. The number of aliphatic hydroxyl groups is 1. The second kappa shape index (κ2) is 9.01. The molecule has 4 fully saturated rings. The molecule has 30 heavy (non-hydrogen) atoms. The minimum absolute atomic E-state index is 0.0154. The fourth-order valence-corrected chi connectivity index (χ4v) is 5.39. The van der Waals surface area contributed by atoms with Crippen LogP contribution in [0, 0.1) is 11.8 Å². The molecule has 9 nitrogen and oxygen atoms in total. The number of fused-ring (bicyclic) bond motifs is 3. The van der Waals surface area contributed by atoms with E-state index in [1.54, 1.807) is 0 Å². The van der Waals surface area contributed by atoms with Crippen LogP contribution in [0.5, 0.6) is 0 Å². The minimum Gasteiger partial charge on any atom is -0.383 e. The van der Waals surface area contributed by atoms with E-state index in [1.165, 1.54) is 13.3 Å². The first-order valence-corrected chi connectivity index (χ1v) is 11.3. The van der Waals surface area contributed by atoms with E-state index in [2.05, 4.69) is 25.8 Å². The number of hydrogen-bond donors (Lipinski definition) is 3. The molecule has 1 aromatic heterocycles. The molecule has 0 spiro atoms. The maximum absolute atomic E-state index is 12.6. The molecule has 2 bridgehead atoms. The van der Waals surface area contributed by atoms with E-state index in [1.807, 2.05) is 10.9 Å². The molecule has 2 amide bonds. The van der Waals surface area contributed by atoms with Gasteiger partial charge >= 0.3 is 0 Å². The van der Waals surface area contributed by atoms with Gasteiger partial charge in [-0.05, 0) is 38.1 Å². The summed E-state index contributed by atoms with van der Waals surface area (Å²) in [5.74, 6) is 0.408. The summed E-state index contributed by atoms with van der Waals surface area (Å²) in [5.41, 5.74) is -0.113. The molecule has 4 heterocycles. The minimum atomic E-state index is -0.817. The van der Waals surface area contributed by atoms with Gasteiger partial charge in [0.05, 0.1) is 18.7 Å². The molecule has 1 saturated carbocycles. The van der Waals surface area contributed by atoms with Crippen molar-refractivity contribution in [1.82, 2.24) is 30.5 Å². The van der Waals surface area contributed by atoms with Crippen LogP contribution in [0.15, 0.2) is 6.20 Å². The predicted molar refractivity (Wildman–Crippen MR) is 110 cm³/mol. The van der Waals surface area contributed by atoms with Gasteiger partial charge in [-0.1, -0.05) is 24.5 Å². The summed E-state index contributed by atoms with van der Waals surface area (Å²) in [6, 6.07) is 0.350. The molecule has 0 aromatic carbocycles. The molecule has 9 heteroatoms. The third kappa shape index (κ3) is 4.67. The number of nitrogens with one attached hydrogen (secondary N) is 2. The fourth-order valence-electron chi connectivity index (χ4n) is 5.39. The Bertz CT molecular complexity index is 760. The van der Waals surface area contributed by atoms with Crippen molar-refractivity contribution in [2.24, 2.45) is 11.8 Å². The van der Waals surface area contributed by atoms with Crippen LogP contribution in [0.1, 0.15) is 57.6 Å². The molecule has 3 saturated heterocycles. The van der Waals surface area contributed by atoms with E-state index >= 15 is 0 Å². The number of carbonyl (C=O) groups excluding carboxylic acids is 2. The number of amides is 2. The van der Waals surface area contributed by atoms with E-state index in [0.717, 1.165) is 58.2 Å². The summed E-state index contributed by atoms with van der Waals surface area (Å²) >= 11 is 0. The fraction of sp³-hybridized carbons (Fsp3) is 0.810. The van der Waals surface area contributed by atoms with Gasteiger partial charge in [0.1, 0.15) is 11.3 Å². The summed E-state index contributed by atoms with van der Waals surface area (Å²) < 4.78 is 1.87. The average molecular weight is 419 g/mol. The Morgan fingerprint density at radius 3 is 2.70 bits per heavy atom. The van der Waals surface area contributed by atoms with Crippen LogP contribution < -0.4 is 10.6 Å². The van der Waals surface area contributed by atoms with Crippen LogP contribution >= 0.6 is 0 Å². The molecule has 166 valence electrons. The molecule has 4 aliphatic rings. The van der Waals surface area contributed by atoms with Gasteiger partial charge < -0.3 is 15.7 Å². The van der Waals surface area contributed by atoms with Gasteiger partial charge in [-0.3, -0.25) is 19.2 Å². The molecular formula is C21H34N6O3. The quantitative estimate of drug-likeness (QED) is 0.553. The normalized spacial score (nSPS) is 30.1. The van der Waals surface area contributed by atoms with Crippen molar-refractivity contribution in [2.45, 2.75) is 70.1 Å². The number of piperidine rings is 3. The van der Waals surface area contributed by atoms with Crippen LogP contribution in [0.2, 0.25) is 0 Å². The summed E-state index contributed by atoms with van der Waals surface area (Å²) in [7, 11) is 0. The van der Waals surface area contributed by atoms with Crippen LogP contribution in [-0.2, 0) is 21.7 Å². The van der Waals surface area contributed by atoms with E-state index in [4.69, 9.17) is 0 Å². The lowest BCUT2D eigenvalue weighted by Gasteiger charge is -2.49. The standard InChI is InChI=1S/C21H34N6O3/c1-15(28)22-8-9-23-20(29)18-13-26-10-5-16(18)11-17(26)12-27-14-19(24-25-27)21(30)6-3-2-4-7-21/h14,16-18,30H,2-13H2,1H3,(H,22,28)(H,23,29)/t16-,17-,18-/m1/s1. The summed E-state index contributed by atoms with van der Waals surface area (Å²) in [4.78, 5) is 25.9. The maximum Gasteiger partial charge on any atom is 0.224 e. The summed E-state index contributed by atoms with van der Waals surface area (Å²) in [6.07, 6.45) is 8.72. The number of carbonyl (C=O) groups is 2. The Balaban J connectivity index is 1.30. The number of aromatic nitrogens is 3. The molecule has 1 unspecified atom stereocenters. The summed E-state index contributed by atoms with van der Waals surface area (Å²) in [6.45, 7) is 4.93. The highest BCUT2D eigenvalue weighted by atomic mass is 16.3. The van der Waals surface area contributed by atoms with Crippen molar-refractivity contribution in [3.63, 3.8) is 0 Å². The Labute approximate surface area is 177 Å². The van der Waals surface area contributed by atoms with Crippen molar-refractivity contribution >= 4 is 11.8 Å². The van der Waals surface area contributed by atoms with E-state index in [-0.39, 0.29) is 17.7 Å². The van der Waals surface area contributed by atoms with Crippen molar-refractivity contribution in [3.8, 4) is 0 Å². The zero-order valence-corrected chi connectivity index (χ0v) is 17.8. The zero-order chi connectivity index (χ0) is 21.1. The lowest BCUT2D eigenvalue weighted by atomic mass is 9.75. The molecular weight excluding hydrogens is 384 g/mol. The van der Waals surface area contributed by atoms with Crippen molar-refractivity contribution in [3.05, 3.63) is 11.9 Å². The smallest absolute Gasteiger partial charge is 0.224 e. The maximum atomic E-state index is 12.6. The highest BCUT2D eigenvalue weighted by Crippen LogP contribution is 2.38. The second-order valence-corrected chi connectivity index (χ2v) is 9.23. The molecule has 5 rings (SSSR count). The van der Waals surface area contributed by atoms with E-state index < -0.39 is 5.60 Å². The molecule has 3 N–H and O–H groups in total. The van der Waals surface area contributed by atoms with Crippen LogP contribution in [0.4, 0.5) is 0 Å². The molecule has 1 aliphatic carbocycles. The molecule has 3 aliphatic heterocycles. The molecule has 0 radical (unpaired) electrons. The van der Waals surface area contributed by atoms with Crippen LogP contribution in [0.3, 0.4) is 0 Å². The number of nitrogens with zero attached hydrogens (tertiary/aromatic N) is 4. The molecule has 1 aromatic rings. The third-order valence-corrected chi connectivity index (χ3v) is 7.11. The van der Waals surface area contributed by atoms with E-state index in [0.29, 0.717) is 30.7 Å². The van der Waals surface area contributed by atoms with Gasteiger partial charge in [0.15, 0.2) is 0 Å². The van der Waals surface area contributed by atoms with Crippen LogP contribution in [-0.4, -0.2) is 69.0 Å². The van der Waals surface area contributed by atoms with Crippen LogP contribution in [0.25, 0.3) is 0 Å². The second-order valence-electron chi connectivity index (χ2n) is 9.23. The van der Waals surface area contributed by atoms with Gasteiger partial charge in [0.2, 0.25) is 11.8 Å². The van der Waals surface area contributed by atoms with Gasteiger partial charge in [-0.15, -0.1) is 5.10 Å². The van der Waals surface area contributed by atoms with Crippen molar-refractivity contribution in [1.29, 1.82) is 0 Å². The Morgan fingerprint density at radius 1 is 1.23 bits per heavy atom. The lowest BCUT2D eigenvalue weighted by molar-refractivity contribution is -0.133. The first-order valence-electron chi connectivity index (χ1n) is 11.3. The third-order valence-electron chi connectivity index (χ3n) is 7.11. The highest BCUT2D eigenvalue weighted by molar-refractivity contribution is 5.79. The Kier molecular flexibility index (Phi) is 6.38. The molecule has 4 atom stereocenters. The van der Waals surface area contributed by atoms with Gasteiger partial charge in [-0.2, -0.15) is 0 Å². The predicted octanol–water partition coefficient (Wildman–Crippen LogP) is 0.393. The van der Waals surface area contributed by atoms with Crippen molar-refractivity contribution < 1.29 is 14.7 Å². The van der Waals surface area contributed by atoms with E-state index in [9.17, 15) is 14.7 Å². The monoisotopic (exact) mass is 418 g/mol. The van der Waals surface area contributed by atoms with Gasteiger partial charge in [-0.25, -0.2) is 0 Å². The Morgan fingerprint density at radius 2 is 2.00 bits per heavy atom. The summed E-state index contributed by atoms with van der Waals surface area (Å²) in [5, 5.41) is 25.1.